The molecule has 2 heterocycles. The predicted molar refractivity (Wildman–Crippen MR) is 79.6 cm³/mol. The summed E-state index contributed by atoms with van der Waals surface area (Å²) in [7, 11) is 0. The van der Waals surface area contributed by atoms with Crippen LogP contribution in [-0.2, 0) is 13.1 Å². The minimum atomic E-state index is -0.178. The molecule has 0 bridgehead atoms. The summed E-state index contributed by atoms with van der Waals surface area (Å²) in [5.74, 6) is 1.47. The average molecular weight is 302 g/mol. The van der Waals surface area contributed by atoms with Gasteiger partial charge in [-0.2, -0.15) is 0 Å². The Balaban J connectivity index is 1.35. The van der Waals surface area contributed by atoms with Crippen molar-refractivity contribution in [3.05, 3.63) is 42.5 Å². The molecule has 0 saturated carbocycles. The second-order valence-corrected chi connectivity index (χ2v) is 4.95. The number of rotatable bonds is 6. The molecule has 3 rings (SSSR count). The second-order valence-electron chi connectivity index (χ2n) is 4.95. The van der Waals surface area contributed by atoms with Crippen molar-refractivity contribution in [1.82, 2.24) is 20.2 Å². The number of nitrogens with one attached hydrogen (secondary N) is 2. The molecule has 116 valence electrons. The van der Waals surface area contributed by atoms with Crippen molar-refractivity contribution in [2.45, 2.75) is 19.5 Å². The van der Waals surface area contributed by atoms with Gasteiger partial charge in [0.2, 0.25) is 6.79 Å². The van der Waals surface area contributed by atoms with E-state index in [9.17, 15) is 4.79 Å². The Morgan fingerprint density at radius 3 is 3.05 bits per heavy atom. The molecule has 0 radical (unpaired) electrons. The van der Waals surface area contributed by atoms with Gasteiger partial charge < -0.3 is 24.7 Å². The van der Waals surface area contributed by atoms with Crippen LogP contribution < -0.4 is 20.1 Å². The zero-order valence-electron chi connectivity index (χ0n) is 12.1. The van der Waals surface area contributed by atoms with Crippen LogP contribution in [0, 0.1) is 0 Å². The van der Waals surface area contributed by atoms with Crippen LogP contribution in [0.15, 0.2) is 36.9 Å². The lowest BCUT2D eigenvalue weighted by atomic mass is 10.2. The fourth-order valence-corrected chi connectivity index (χ4v) is 2.18. The summed E-state index contributed by atoms with van der Waals surface area (Å²) in [6.07, 6.45) is 6.26. The lowest BCUT2D eigenvalue weighted by molar-refractivity contribution is 0.174. The van der Waals surface area contributed by atoms with E-state index in [0.717, 1.165) is 30.0 Å². The van der Waals surface area contributed by atoms with Crippen molar-refractivity contribution in [3.8, 4) is 11.5 Å². The minimum Gasteiger partial charge on any atom is -0.454 e. The molecule has 0 atom stereocenters. The summed E-state index contributed by atoms with van der Waals surface area (Å²) in [5, 5.41) is 5.65. The summed E-state index contributed by atoms with van der Waals surface area (Å²) in [5.41, 5.74) is 0.970. The Labute approximate surface area is 128 Å². The van der Waals surface area contributed by atoms with Crippen molar-refractivity contribution >= 4 is 6.03 Å². The van der Waals surface area contributed by atoms with E-state index in [1.165, 1.54) is 0 Å². The van der Waals surface area contributed by atoms with Gasteiger partial charge in [-0.1, -0.05) is 6.07 Å². The lowest BCUT2D eigenvalue weighted by Gasteiger charge is -2.08. The van der Waals surface area contributed by atoms with Gasteiger partial charge in [-0.25, -0.2) is 9.78 Å². The zero-order valence-corrected chi connectivity index (χ0v) is 12.1. The molecule has 1 aliphatic heterocycles. The number of urea groups is 1. The Kier molecular flexibility index (Phi) is 4.43. The Hall–Kier alpha value is -2.70. The predicted octanol–water partition coefficient (Wildman–Crippen LogP) is 1.50. The molecule has 2 amide bonds. The van der Waals surface area contributed by atoms with Crippen molar-refractivity contribution in [2.24, 2.45) is 0 Å². The number of hydrogen-bond acceptors (Lipinski definition) is 4. The van der Waals surface area contributed by atoms with Gasteiger partial charge in [0.1, 0.15) is 0 Å². The SMILES string of the molecule is O=C(NCCCn1ccnc1)NCc1ccc2c(c1)OCO2. The number of ether oxygens (including phenoxy) is 2. The van der Waals surface area contributed by atoms with Crippen LogP contribution in [0.5, 0.6) is 11.5 Å². The van der Waals surface area contributed by atoms with Crippen LogP contribution in [0.1, 0.15) is 12.0 Å². The molecule has 7 heteroatoms. The molecule has 1 aliphatic rings. The maximum atomic E-state index is 11.7. The molecule has 2 aromatic rings. The number of carbonyl (C=O) groups is 1. The zero-order chi connectivity index (χ0) is 15.2. The molecular weight excluding hydrogens is 284 g/mol. The van der Waals surface area contributed by atoms with E-state index in [1.807, 2.05) is 29.0 Å². The first-order valence-corrected chi connectivity index (χ1v) is 7.17. The number of amides is 2. The molecule has 0 unspecified atom stereocenters. The summed E-state index contributed by atoms with van der Waals surface area (Å²) in [6.45, 7) is 2.15. The molecule has 0 aliphatic carbocycles. The maximum absolute atomic E-state index is 11.7. The van der Waals surface area contributed by atoms with Crippen molar-refractivity contribution in [3.63, 3.8) is 0 Å². The number of imidazole rings is 1. The highest BCUT2D eigenvalue weighted by Crippen LogP contribution is 2.32. The van der Waals surface area contributed by atoms with Crippen LogP contribution in [0.3, 0.4) is 0 Å². The number of nitrogens with zero attached hydrogens (tertiary/aromatic N) is 2. The average Bonchev–Trinajstić information content (AvgIpc) is 3.20. The fraction of sp³-hybridized carbons (Fsp3) is 0.333. The van der Waals surface area contributed by atoms with Gasteiger partial charge in [-0.05, 0) is 24.1 Å². The van der Waals surface area contributed by atoms with Gasteiger partial charge in [-0.15, -0.1) is 0 Å². The highest BCUT2D eigenvalue weighted by atomic mass is 16.7. The lowest BCUT2D eigenvalue weighted by Crippen LogP contribution is -2.35. The summed E-state index contributed by atoms with van der Waals surface area (Å²) >= 11 is 0. The molecule has 2 N–H and O–H groups in total. The first-order chi connectivity index (χ1) is 10.8. The van der Waals surface area contributed by atoms with E-state index < -0.39 is 0 Å². The Bertz CT molecular complexity index is 628. The molecule has 1 aromatic heterocycles. The van der Waals surface area contributed by atoms with Crippen LogP contribution in [0.4, 0.5) is 4.79 Å². The highest BCUT2D eigenvalue weighted by molar-refractivity contribution is 5.73. The smallest absolute Gasteiger partial charge is 0.315 e. The molecule has 22 heavy (non-hydrogen) atoms. The molecule has 1 aromatic carbocycles. The molecule has 0 saturated heterocycles. The maximum Gasteiger partial charge on any atom is 0.315 e. The van der Waals surface area contributed by atoms with Crippen molar-refractivity contribution in [1.29, 1.82) is 0 Å². The summed E-state index contributed by atoms with van der Waals surface area (Å²) in [4.78, 5) is 15.7. The number of benzene rings is 1. The molecule has 7 nitrogen and oxygen atoms in total. The monoisotopic (exact) mass is 302 g/mol. The van der Waals surface area contributed by atoms with Crippen molar-refractivity contribution in [2.75, 3.05) is 13.3 Å². The van der Waals surface area contributed by atoms with Gasteiger partial charge in [0.05, 0.1) is 6.33 Å². The molecular formula is C15H18N4O3. The van der Waals surface area contributed by atoms with E-state index in [0.29, 0.717) is 13.1 Å². The minimum absolute atomic E-state index is 0.178. The largest absolute Gasteiger partial charge is 0.454 e. The van der Waals surface area contributed by atoms with Crippen LogP contribution in [0.25, 0.3) is 0 Å². The fourth-order valence-electron chi connectivity index (χ4n) is 2.18. The van der Waals surface area contributed by atoms with E-state index in [4.69, 9.17) is 9.47 Å². The quantitative estimate of drug-likeness (QED) is 0.793. The number of fused-ring (bicyclic) bond motifs is 1. The number of aryl methyl sites for hydroxylation is 1. The van der Waals surface area contributed by atoms with Gasteiger partial charge in [0, 0.05) is 32.0 Å². The Morgan fingerprint density at radius 1 is 1.27 bits per heavy atom. The third kappa shape index (κ3) is 3.69. The topological polar surface area (TPSA) is 77.4 Å². The van der Waals surface area contributed by atoms with Crippen LogP contribution in [0.2, 0.25) is 0 Å². The van der Waals surface area contributed by atoms with E-state index in [1.54, 1.807) is 12.5 Å². The van der Waals surface area contributed by atoms with Gasteiger partial charge in [0.25, 0.3) is 0 Å². The van der Waals surface area contributed by atoms with Gasteiger partial charge in [-0.3, -0.25) is 0 Å². The van der Waals surface area contributed by atoms with Crippen molar-refractivity contribution < 1.29 is 14.3 Å². The number of hydrogen-bond donors (Lipinski definition) is 2. The van der Waals surface area contributed by atoms with E-state index in [-0.39, 0.29) is 12.8 Å². The second kappa shape index (κ2) is 6.84. The van der Waals surface area contributed by atoms with Gasteiger partial charge in [0.15, 0.2) is 11.5 Å². The summed E-state index contributed by atoms with van der Waals surface area (Å²) in [6, 6.07) is 5.46. The van der Waals surface area contributed by atoms with E-state index in [2.05, 4.69) is 15.6 Å². The summed E-state index contributed by atoms with van der Waals surface area (Å²) < 4.78 is 12.5. The molecule has 0 fully saturated rings. The molecule has 0 spiro atoms. The van der Waals surface area contributed by atoms with Crippen LogP contribution >= 0.6 is 0 Å². The first kappa shape index (κ1) is 14.2. The third-order valence-electron chi connectivity index (χ3n) is 3.33. The third-order valence-corrected chi connectivity index (χ3v) is 3.33. The Morgan fingerprint density at radius 2 is 2.18 bits per heavy atom. The number of aromatic nitrogens is 2. The van der Waals surface area contributed by atoms with Crippen LogP contribution in [-0.4, -0.2) is 28.9 Å². The standard InChI is InChI=1S/C15H18N4O3/c20-15(17-4-1-6-19-7-5-16-10-19)18-9-12-2-3-13-14(8-12)22-11-21-13/h2-3,5,7-8,10H,1,4,6,9,11H2,(H2,17,18,20). The normalized spacial score (nSPS) is 12.2. The first-order valence-electron chi connectivity index (χ1n) is 7.17. The highest BCUT2D eigenvalue weighted by Gasteiger charge is 2.13. The number of carbonyl (C=O) groups excluding carboxylic acids is 1. The van der Waals surface area contributed by atoms with Gasteiger partial charge >= 0.3 is 6.03 Å². The van der Waals surface area contributed by atoms with E-state index >= 15 is 0 Å².